The first-order chi connectivity index (χ1) is 14.1. The van der Waals surface area contributed by atoms with Crippen molar-refractivity contribution in [2.75, 3.05) is 0 Å². The molecule has 0 bridgehead atoms. The number of benzene rings is 3. The molecule has 0 atom stereocenters. The molecule has 4 rings (SSSR count). The molecule has 0 amide bonds. The van der Waals surface area contributed by atoms with Crippen molar-refractivity contribution < 1.29 is 4.92 Å². The molecule has 29 heavy (non-hydrogen) atoms. The Morgan fingerprint density at radius 1 is 0.931 bits per heavy atom. The highest BCUT2D eigenvalue weighted by Crippen LogP contribution is 2.25. The number of fused-ring (bicyclic) bond motifs is 1. The van der Waals surface area contributed by atoms with Gasteiger partial charge in [0, 0.05) is 5.56 Å². The summed E-state index contributed by atoms with van der Waals surface area (Å²) in [5.74, 6) is 0.399. The van der Waals surface area contributed by atoms with Crippen LogP contribution in [0.5, 0.6) is 0 Å². The predicted molar refractivity (Wildman–Crippen MR) is 114 cm³/mol. The lowest BCUT2D eigenvalue weighted by Gasteiger charge is -2.11. The first-order valence-electron chi connectivity index (χ1n) is 9.05. The molecule has 6 heteroatoms. The van der Waals surface area contributed by atoms with E-state index in [1.165, 1.54) is 4.57 Å². The minimum Gasteiger partial charge on any atom is -0.268 e. The third-order valence-electron chi connectivity index (χ3n) is 4.68. The van der Waals surface area contributed by atoms with E-state index in [1.54, 1.807) is 55.5 Å². The van der Waals surface area contributed by atoms with Crippen molar-refractivity contribution in [1.29, 1.82) is 0 Å². The van der Waals surface area contributed by atoms with Crippen LogP contribution in [-0.2, 0) is 0 Å². The quantitative estimate of drug-likeness (QED) is 0.375. The molecule has 1 aromatic heterocycles. The summed E-state index contributed by atoms with van der Waals surface area (Å²) in [6.45, 7) is 1.70. The van der Waals surface area contributed by atoms with E-state index >= 15 is 0 Å². The van der Waals surface area contributed by atoms with Crippen LogP contribution in [-0.4, -0.2) is 14.5 Å². The van der Waals surface area contributed by atoms with Crippen molar-refractivity contribution in [2.24, 2.45) is 0 Å². The van der Waals surface area contributed by atoms with Crippen LogP contribution in [0.25, 0.3) is 28.7 Å². The van der Waals surface area contributed by atoms with Crippen LogP contribution in [0.1, 0.15) is 17.0 Å². The minimum absolute atomic E-state index is 0.0400. The normalized spacial score (nSPS) is 11.2. The third kappa shape index (κ3) is 3.43. The number of nitro groups is 1. The van der Waals surface area contributed by atoms with Crippen molar-refractivity contribution in [1.82, 2.24) is 9.55 Å². The van der Waals surface area contributed by atoms with Gasteiger partial charge >= 0.3 is 0 Å². The standard InChI is InChI=1S/C23H17N3O3/c1-16-8-7-9-17(22(16)26(28)29)14-15-21-24-20-13-6-5-12-19(20)23(27)25(21)18-10-3-2-4-11-18/h2-15H,1H3/b15-14+. The molecule has 0 aliphatic heterocycles. The predicted octanol–water partition coefficient (Wildman–Crippen LogP) is 4.77. The van der Waals surface area contributed by atoms with Gasteiger partial charge in [-0.05, 0) is 49.4 Å². The molecule has 0 radical (unpaired) electrons. The van der Waals surface area contributed by atoms with Gasteiger partial charge in [-0.3, -0.25) is 19.5 Å². The van der Waals surface area contributed by atoms with E-state index in [9.17, 15) is 14.9 Å². The van der Waals surface area contributed by atoms with Crippen LogP contribution in [0.15, 0.2) is 77.6 Å². The van der Waals surface area contributed by atoms with E-state index in [1.807, 2.05) is 36.4 Å². The first kappa shape index (κ1) is 18.3. The van der Waals surface area contributed by atoms with Crippen molar-refractivity contribution in [3.63, 3.8) is 0 Å². The molecule has 142 valence electrons. The Hall–Kier alpha value is -4.06. The van der Waals surface area contributed by atoms with Crippen LogP contribution in [0.2, 0.25) is 0 Å². The second-order valence-corrected chi connectivity index (χ2v) is 6.57. The Kier molecular flexibility index (Phi) is 4.75. The monoisotopic (exact) mass is 383 g/mol. The highest BCUT2D eigenvalue weighted by atomic mass is 16.6. The van der Waals surface area contributed by atoms with Crippen LogP contribution >= 0.6 is 0 Å². The number of rotatable bonds is 4. The maximum atomic E-state index is 13.2. The Bertz CT molecular complexity index is 1310. The smallest absolute Gasteiger partial charge is 0.268 e. The lowest BCUT2D eigenvalue weighted by Crippen LogP contribution is -2.22. The number of aromatic nitrogens is 2. The molecule has 0 saturated carbocycles. The third-order valence-corrected chi connectivity index (χ3v) is 4.68. The van der Waals surface area contributed by atoms with Crippen molar-refractivity contribution in [3.05, 3.63) is 110 Å². The minimum atomic E-state index is -0.396. The van der Waals surface area contributed by atoms with Crippen molar-refractivity contribution in [3.8, 4) is 5.69 Å². The zero-order valence-corrected chi connectivity index (χ0v) is 15.6. The topological polar surface area (TPSA) is 78.0 Å². The van der Waals surface area contributed by atoms with Gasteiger partial charge < -0.3 is 0 Å². The molecular formula is C23H17N3O3. The lowest BCUT2D eigenvalue weighted by atomic mass is 10.1. The zero-order chi connectivity index (χ0) is 20.4. The summed E-state index contributed by atoms with van der Waals surface area (Å²) in [6.07, 6.45) is 3.27. The molecule has 0 fully saturated rings. The molecule has 3 aromatic carbocycles. The Morgan fingerprint density at radius 3 is 2.41 bits per heavy atom. The molecule has 0 saturated heterocycles. The van der Waals surface area contributed by atoms with Gasteiger partial charge in [-0.1, -0.05) is 42.5 Å². The van der Waals surface area contributed by atoms with Gasteiger partial charge in [0.05, 0.1) is 27.1 Å². The average Bonchev–Trinajstić information content (AvgIpc) is 2.72. The van der Waals surface area contributed by atoms with E-state index in [-0.39, 0.29) is 11.2 Å². The number of para-hydroxylation sites is 3. The highest BCUT2D eigenvalue weighted by molar-refractivity contribution is 5.81. The van der Waals surface area contributed by atoms with E-state index < -0.39 is 4.92 Å². The van der Waals surface area contributed by atoms with Crippen LogP contribution in [0.3, 0.4) is 0 Å². The Balaban J connectivity index is 1.95. The fraction of sp³-hybridized carbons (Fsp3) is 0.0435. The van der Waals surface area contributed by atoms with E-state index in [2.05, 4.69) is 4.98 Å². The summed E-state index contributed by atoms with van der Waals surface area (Å²) in [7, 11) is 0. The summed E-state index contributed by atoms with van der Waals surface area (Å²) < 4.78 is 1.51. The molecule has 1 heterocycles. The van der Waals surface area contributed by atoms with E-state index in [4.69, 9.17) is 0 Å². The van der Waals surface area contributed by atoms with Gasteiger partial charge in [0.15, 0.2) is 0 Å². The van der Waals surface area contributed by atoms with Crippen molar-refractivity contribution in [2.45, 2.75) is 6.92 Å². The highest BCUT2D eigenvalue weighted by Gasteiger charge is 2.15. The fourth-order valence-corrected chi connectivity index (χ4v) is 3.32. The Morgan fingerprint density at radius 2 is 1.66 bits per heavy atom. The maximum Gasteiger partial charge on any atom is 0.279 e. The van der Waals surface area contributed by atoms with Crippen molar-refractivity contribution >= 4 is 28.7 Å². The summed E-state index contributed by atoms with van der Waals surface area (Å²) >= 11 is 0. The number of nitrogens with zero attached hydrogens (tertiary/aromatic N) is 3. The second kappa shape index (κ2) is 7.52. The molecule has 0 unspecified atom stereocenters. The maximum absolute atomic E-state index is 13.2. The molecule has 4 aromatic rings. The first-order valence-corrected chi connectivity index (χ1v) is 9.05. The molecule has 0 spiro atoms. The van der Waals surface area contributed by atoms with Crippen LogP contribution < -0.4 is 5.56 Å². The van der Waals surface area contributed by atoms with Gasteiger partial charge in [0.1, 0.15) is 5.82 Å². The number of hydrogen-bond donors (Lipinski definition) is 0. The van der Waals surface area contributed by atoms with Crippen LogP contribution in [0.4, 0.5) is 5.69 Å². The zero-order valence-electron chi connectivity index (χ0n) is 15.6. The molecule has 0 aliphatic rings. The van der Waals surface area contributed by atoms with Gasteiger partial charge in [0.25, 0.3) is 11.2 Å². The van der Waals surface area contributed by atoms with Gasteiger partial charge in [0.2, 0.25) is 0 Å². The summed E-state index contributed by atoms with van der Waals surface area (Å²) in [5, 5.41) is 12.0. The lowest BCUT2D eigenvalue weighted by molar-refractivity contribution is -0.385. The van der Waals surface area contributed by atoms with Crippen LogP contribution in [0, 0.1) is 17.0 Å². The van der Waals surface area contributed by atoms with E-state index in [0.717, 1.165) is 0 Å². The number of aryl methyl sites for hydroxylation is 1. The largest absolute Gasteiger partial charge is 0.279 e. The summed E-state index contributed by atoms with van der Waals surface area (Å²) in [5.41, 5.74) is 2.12. The summed E-state index contributed by atoms with van der Waals surface area (Å²) in [4.78, 5) is 28.9. The molecule has 0 N–H and O–H groups in total. The second-order valence-electron chi connectivity index (χ2n) is 6.57. The SMILES string of the molecule is Cc1cccc(/C=C/c2nc3ccccc3c(=O)n2-c2ccccc2)c1[N+](=O)[O-]. The number of hydrogen-bond acceptors (Lipinski definition) is 4. The van der Waals surface area contributed by atoms with E-state index in [0.29, 0.717) is 33.5 Å². The van der Waals surface area contributed by atoms with Gasteiger partial charge in [-0.25, -0.2) is 4.98 Å². The molecular weight excluding hydrogens is 366 g/mol. The summed E-state index contributed by atoms with van der Waals surface area (Å²) in [6, 6.07) is 21.5. The molecule has 0 aliphatic carbocycles. The number of nitro benzene ring substituents is 1. The fourth-order valence-electron chi connectivity index (χ4n) is 3.32. The van der Waals surface area contributed by atoms with Gasteiger partial charge in [-0.2, -0.15) is 0 Å². The van der Waals surface area contributed by atoms with Gasteiger partial charge in [-0.15, -0.1) is 0 Å². The average molecular weight is 383 g/mol. The Labute approximate surface area is 166 Å². The molecule has 6 nitrogen and oxygen atoms in total.